The Morgan fingerprint density at radius 2 is 1.38 bits per heavy atom. The van der Waals surface area contributed by atoms with Gasteiger partial charge in [-0.1, -0.05) is 95.0 Å². The van der Waals surface area contributed by atoms with Crippen LogP contribution in [0.3, 0.4) is 0 Å². The van der Waals surface area contributed by atoms with Gasteiger partial charge in [0, 0.05) is 0 Å². The highest BCUT2D eigenvalue weighted by molar-refractivity contribution is 5.64. The molecule has 0 heteroatoms. The first-order valence-electron chi connectivity index (χ1n) is 12.4. The zero-order valence-electron chi connectivity index (χ0n) is 19.1. The minimum atomic E-state index is 0.780. The van der Waals surface area contributed by atoms with Crippen LogP contribution in [0.5, 0.6) is 0 Å². The van der Waals surface area contributed by atoms with Gasteiger partial charge in [0.15, 0.2) is 0 Å². The molecular weight excluding hydrogens is 348 g/mol. The average molecular weight is 391 g/mol. The van der Waals surface area contributed by atoms with E-state index >= 15 is 0 Å². The summed E-state index contributed by atoms with van der Waals surface area (Å²) >= 11 is 0. The Morgan fingerprint density at radius 1 is 0.759 bits per heavy atom. The third-order valence-corrected chi connectivity index (χ3v) is 7.27. The number of hydrogen-bond acceptors (Lipinski definition) is 0. The molecule has 0 radical (unpaired) electrons. The summed E-state index contributed by atoms with van der Waals surface area (Å²) in [4.78, 5) is 0. The molecule has 1 aliphatic rings. The van der Waals surface area contributed by atoms with Crippen molar-refractivity contribution in [2.45, 2.75) is 97.3 Å². The van der Waals surface area contributed by atoms with E-state index in [0.29, 0.717) is 0 Å². The van der Waals surface area contributed by atoms with Crippen LogP contribution >= 0.6 is 0 Å². The highest BCUT2D eigenvalue weighted by Crippen LogP contribution is 2.39. The van der Waals surface area contributed by atoms with Crippen molar-refractivity contribution in [3.8, 4) is 11.1 Å². The molecule has 0 aromatic heterocycles. The molecule has 2 aromatic carbocycles. The molecule has 1 saturated carbocycles. The predicted octanol–water partition coefficient (Wildman–Crippen LogP) is 9.19. The van der Waals surface area contributed by atoms with Gasteiger partial charge in [0.2, 0.25) is 0 Å². The maximum absolute atomic E-state index is 2.42. The lowest BCUT2D eigenvalue weighted by Crippen LogP contribution is -2.15. The van der Waals surface area contributed by atoms with Gasteiger partial charge in [-0.3, -0.25) is 0 Å². The smallest absolute Gasteiger partial charge is 0.0162 e. The number of unbranched alkanes of at least 4 members (excludes halogenated alkanes) is 3. The summed E-state index contributed by atoms with van der Waals surface area (Å²) < 4.78 is 0. The quantitative estimate of drug-likeness (QED) is 0.355. The standard InChI is InChI=1S/C29H42/c1-4-6-7-8-9-24-10-14-26(15-11-24)28-18-20-29(21-19-28)27-16-12-25(13-17-27)22-23(3)5-2/h10-11,14-15,18-21,23,25,27H,4-9,12-13,16-17,22H2,1-3H3. The molecule has 0 nitrogen and oxygen atoms in total. The van der Waals surface area contributed by atoms with E-state index in [2.05, 4.69) is 69.3 Å². The third-order valence-electron chi connectivity index (χ3n) is 7.27. The monoisotopic (exact) mass is 390 g/mol. The summed E-state index contributed by atoms with van der Waals surface area (Å²) in [5.41, 5.74) is 5.75. The van der Waals surface area contributed by atoms with Crippen molar-refractivity contribution in [2.75, 3.05) is 0 Å². The van der Waals surface area contributed by atoms with E-state index in [1.165, 1.54) is 87.3 Å². The summed E-state index contributed by atoms with van der Waals surface area (Å²) in [5, 5.41) is 0. The first-order valence-corrected chi connectivity index (χ1v) is 12.4. The molecule has 1 fully saturated rings. The first-order chi connectivity index (χ1) is 14.2. The van der Waals surface area contributed by atoms with E-state index in [1.54, 1.807) is 5.56 Å². The van der Waals surface area contributed by atoms with E-state index in [4.69, 9.17) is 0 Å². The predicted molar refractivity (Wildman–Crippen MR) is 128 cm³/mol. The van der Waals surface area contributed by atoms with Gasteiger partial charge in [0.25, 0.3) is 0 Å². The molecule has 158 valence electrons. The van der Waals surface area contributed by atoms with Crippen LogP contribution in [0.4, 0.5) is 0 Å². The van der Waals surface area contributed by atoms with Gasteiger partial charge in [-0.05, 0) is 85.0 Å². The molecule has 0 heterocycles. The molecule has 1 aliphatic carbocycles. The van der Waals surface area contributed by atoms with Gasteiger partial charge in [-0.2, -0.15) is 0 Å². The Labute approximate surface area is 180 Å². The number of rotatable bonds is 10. The summed E-state index contributed by atoms with van der Waals surface area (Å²) in [7, 11) is 0. The zero-order chi connectivity index (χ0) is 20.5. The molecule has 0 N–H and O–H groups in total. The van der Waals surface area contributed by atoms with E-state index in [9.17, 15) is 0 Å². The highest BCUT2D eigenvalue weighted by Gasteiger charge is 2.23. The van der Waals surface area contributed by atoms with Crippen molar-refractivity contribution in [3.63, 3.8) is 0 Å². The molecule has 0 aliphatic heterocycles. The zero-order valence-corrected chi connectivity index (χ0v) is 19.1. The molecule has 2 aromatic rings. The topological polar surface area (TPSA) is 0 Å². The van der Waals surface area contributed by atoms with Gasteiger partial charge in [-0.25, -0.2) is 0 Å². The molecule has 29 heavy (non-hydrogen) atoms. The van der Waals surface area contributed by atoms with Gasteiger partial charge >= 0.3 is 0 Å². The Hall–Kier alpha value is -1.56. The first kappa shape index (κ1) is 22.1. The molecule has 3 rings (SSSR count). The Balaban J connectivity index is 1.51. The maximum atomic E-state index is 2.42. The second kappa shape index (κ2) is 11.6. The molecule has 0 spiro atoms. The second-order valence-electron chi connectivity index (χ2n) is 9.60. The van der Waals surface area contributed by atoms with Crippen molar-refractivity contribution in [3.05, 3.63) is 59.7 Å². The van der Waals surface area contributed by atoms with Crippen molar-refractivity contribution in [1.29, 1.82) is 0 Å². The molecule has 0 saturated heterocycles. The van der Waals surface area contributed by atoms with E-state index in [0.717, 1.165) is 17.8 Å². The SMILES string of the molecule is CCCCCCc1ccc(-c2ccc(C3CCC(CC(C)CC)CC3)cc2)cc1. The van der Waals surface area contributed by atoms with Gasteiger partial charge in [0.1, 0.15) is 0 Å². The lowest BCUT2D eigenvalue weighted by molar-refractivity contribution is 0.273. The molecule has 0 amide bonds. The van der Waals surface area contributed by atoms with Crippen LogP contribution in [0.2, 0.25) is 0 Å². The van der Waals surface area contributed by atoms with E-state index < -0.39 is 0 Å². The summed E-state index contributed by atoms with van der Waals surface area (Å²) in [6.45, 7) is 7.03. The summed E-state index contributed by atoms with van der Waals surface area (Å²) in [5.74, 6) is 2.65. The van der Waals surface area contributed by atoms with Crippen molar-refractivity contribution in [1.82, 2.24) is 0 Å². The summed E-state index contributed by atoms with van der Waals surface area (Å²) in [6.07, 6.45) is 15.0. The van der Waals surface area contributed by atoms with Crippen molar-refractivity contribution >= 4 is 0 Å². The maximum Gasteiger partial charge on any atom is -0.0162 e. The average Bonchev–Trinajstić information content (AvgIpc) is 2.78. The highest BCUT2D eigenvalue weighted by atomic mass is 14.3. The van der Waals surface area contributed by atoms with E-state index in [-0.39, 0.29) is 0 Å². The van der Waals surface area contributed by atoms with Crippen LogP contribution in [0, 0.1) is 11.8 Å². The lowest BCUT2D eigenvalue weighted by atomic mass is 9.75. The van der Waals surface area contributed by atoms with Crippen LogP contribution in [-0.4, -0.2) is 0 Å². The van der Waals surface area contributed by atoms with Gasteiger partial charge < -0.3 is 0 Å². The molecule has 0 bridgehead atoms. The molecule has 1 atom stereocenters. The van der Waals surface area contributed by atoms with Crippen molar-refractivity contribution < 1.29 is 0 Å². The Bertz CT molecular complexity index is 686. The fourth-order valence-electron chi connectivity index (χ4n) is 5.03. The van der Waals surface area contributed by atoms with Crippen LogP contribution in [0.1, 0.15) is 102 Å². The fraction of sp³-hybridized carbons (Fsp3) is 0.586. The second-order valence-corrected chi connectivity index (χ2v) is 9.60. The van der Waals surface area contributed by atoms with Gasteiger partial charge in [0.05, 0.1) is 0 Å². The fourth-order valence-corrected chi connectivity index (χ4v) is 5.03. The number of aryl methyl sites for hydroxylation is 1. The minimum absolute atomic E-state index is 0.780. The van der Waals surface area contributed by atoms with Crippen LogP contribution in [0.25, 0.3) is 11.1 Å². The molecular formula is C29H42. The van der Waals surface area contributed by atoms with Crippen LogP contribution < -0.4 is 0 Å². The van der Waals surface area contributed by atoms with Crippen molar-refractivity contribution in [2.24, 2.45) is 11.8 Å². The number of benzene rings is 2. The lowest BCUT2D eigenvalue weighted by Gasteiger charge is -2.30. The normalized spacial score (nSPS) is 20.5. The minimum Gasteiger partial charge on any atom is -0.0654 e. The van der Waals surface area contributed by atoms with E-state index in [1.807, 2.05) is 0 Å². The largest absolute Gasteiger partial charge is 0.0654 e. The number of hydrogen-bond donors (Lipinski definition) is 0. The third kappa shape index (κ3) is 6.73. The van der Waals surface area contributed by atoms with Crippen LogP contribution in [0.15, 0.2) is 48.5 Å². The Morgan fingerprint density at radius 3 is 1.97 bits per heavy atom. The van der Waals surface area contributed by atoms with Crippen LogP contribution in [-0.2, 0) is 6.42 Å². The molecule has 1 unspecified atom stereocenters. The van der Waals surface area contributed by atoms with Gasteiger partial charge in [-0.15, -0.1) is 0 Å². The summed E-state index contributed by atoms with van der Waals surface area (Å²) in [6, 6.07) is 18.8. The Kier molecular flexibility index (Phi) is 8.84.